The lowest BCUT2D eigenvalue weighted by Gasteiger charge is -2.27. The number of amides is 2. The molecule has 0 saturated carbocycles. The van der Waals surface area contributed by atoms with Crippen molar-refractivity contribution in [3.63, 3.8) is 0 Å². The van der Waals surface area contributed by atoms with Gasteiger partial charge in [0, 0.05) is 31.3 Å². The summed E-state index contributed by atoms with van der Waals surface area (Å²) in [5, 5.41) is 3.12. The number of ether oxygens (including phenoxy) is 2. The van der Waals surface area contributed by atoms with Crippen LogP contribution in [0.4, 0.5) is 5.69 Å². The summed E-state index contributed by atoms with van der Waals surface area (Å²) in [6, 6.07) is 5.15. The smallest absolute Gasteiger partial charge is 0.262 e. The van der Waals surface area contributed by atoms with Crippen molar-refractivity contribution >= 4 is 34.4 Å². The van der Waals surface area contributed by atoms with Gasteiger partial charge in [-0.05, 0) is 31.4 Å². The summed E-state index contributed by atoms with van der Waals surface area (Å²) >= 11 is 1.40. The number of aliphatic imine (C=N–C) groups is 1. The van der Waals surface area contributed by atoms with Crippen molar-refractivity contribution in [1.29, 1.82) is 0 Å². The van der Waals surface area contributed by atoms with Crippen molar-refractivity contribution in [3.05, 3.63) is 18.2 Å². The summed E-state index contributed by atoms with van der Waals surface area (Å²) in [6.07, 6.45) is 3.56. The van der Waals surface area contributed by atoms with Crippen LogP contribution in [0.15, 0.2) is 23.2 Å². The molecule has 1 aromatic rings. The Morgan fingerprint density at radius 3 is 2.65 bits per heavy atom. The lowest BCUT2D eigenvalue weighted by Crippen LogP contribution is -2.33. The third-order valence-electron chi connectivity index (χ3n) is 4.39. The molecular weight excluding hydrogens is 354 g/mol. The Bertz CT molecular complexity index is 716. The first-order valence-corrected chi connectivity index (χ1v) is 9.54. The molecule has 2 aliphatic heterocycles. The lowest BCUT2D eigenvalue weighted by molar-refractivity contribution is -0.121. The SMILES string of the molecule is COc1ccc(NC(=O)CC2SC(N3CCCCC3)=NC2=O)cc1OC. The van der Waals surface area contributed by atoms with Gasteiger partial charge >= 0.3 is 0 Å². The van der Waals surface area contributed by atoms with Crippen molar-refractivity contribution in [2.24, 2.45) is 4.99 Å². The summed E-state index contributed by atoms with van der Waals surface area (Å²) in [7, 11) is 3.09. The zero-order valence-electron chi connectivity index (χ0n) is 15.0. The molecule has 1 saturated heterocycles. The number of methoxy groups -OCH3 is 2. The van der Waals surface area contributed by atoms with Gasteiger partial charge in [-0.3, -0.25) is 9.59 Å². The second kappa shape index (κ2) is 8.44. The number of benzene rings is 1. The number of piperidine rings is 1. The molecule has 1 aromatic carbocycles. The number of anilines is 1. The van der Waals surface area contributed by atoms with E-state index in [1.807, 2.05) is 0 Å². The number of rotatable bonds is 5. The topological polar surface area (TPSA) is 80.2 Å². The van der Waals surface area contributed by atoms with E-state index in [2.05, 4.69) is 15.2 Å². The zero-order valence-corrected chi connectivity index (χ0v) is 15.8. The van der Waals surface area contributed by atoms with Crippen LogP contribution in [0, 0.1) is 0 Å². The highest BCUT2D eigenvalue weighted by atomic mass is 32.2. The van der Waals surface area contributed by atoms with Crippen molar-refractivity contribution in [3.8, 4) is 11.5 Å². The van der Waals surface area contributed by atoms with E-state index in [0.29, 0.717) is 17.2 Å². The summed E-state index contributed by atoms with van der Waals surface area (Å²) < 4.78 is 10.4. The van der Waals surface area contributed by atoms with E-state index in [1.165, 1.54) is 25.3 Å². The van der Waals surface area contributed by atoms with E-state index >= 15 is 0 Å². The minimum atomic E-state index is -0.452. The van der Waals surface area contributed by atoms with Crippen LogP contribution in [0.25, 0.3) is 0 Å². The highest BCUT2D eigenvalue weighted by Gasteiger charge is 2.33. The Morgan fingerprint density at radius 1 is 1.23 bits per heavy atom. The average Bonchev–Trinajstić information content (AvgIpc) is 3.02. The molecule has 2 heterocycles. The number of carbonyl (C=O) groups excluding carboxylic acids is 2. The number of likely N-dealkylation sites (tertiary alicyclic amines) is 1. The molecule has 1 fully saturated rings. The molecule has 26 heavy (non-hydrogen) atoms. The molecule has 2 aliphatic rings. The van der Waals surface area contributed by atoms with Crippen LogP contribution in [0.1, 0.15) is 25.7 Å². The lowest BCUT2D eigenvalue weighted by atomic mass is 10.1. The number of nitrogens with one attached hydrogen (secondary N) is 1. The number of hydrogen-bond acceptors (Lipinski definition) is 6. The van der Waals surface area contributed by atoms with Crippen LogP contribution in [-0.4, -0.2) is 54.4 Å². The quantitative estimate of drug-likeness (QED) is 0.849. The average molecular weight is 377 g/mol. The molecule has 0 aromatic heterocycles. The van der Waals surface area contributed by atoms with Crippen LogP contribution in [0.5, 0.6) is 11.5 Å². The Labute approximate surface area is 157 Å². The fourth-order valence-electron chi connectivity index (χ4n) is 3.02. The fraction of sp³-hybridized carbons (Fsp3) is 0.500. The van der Waals surface area contributed by atoms with Crippen LogP contribution in [-0.2, 0) is 9.59 Å². The predicted octanol–water partition coefficient (Wildman–Crippen LogP) is 2.52. The van der Waals surface area contributed by atoms with E-state index in [0.717, 1.165) is 31.1 Å². The van der Waals surface area contributed by atoms with Gasteiger partial charge in [0.2, 0.25) is 5.91 Å². The maximum absolute atomic E-state index is 12.3. The van der Waals surface area contributed by atoms with Crippen molar-refractivity contribution < 1.29 is 19.1 Å². The molecule has 0 radical (unpaired) electrons. The van der Waals surface area contributed by atoms with Crippen molar-refractivity contribution in [1.82, 2.24) is 4.90 Å². The summed E-state index contributed by atoms with van der Waals surface area (Å²) in [5.74, 6) is 0.676. The van der Waals surface area contributed by atoms with Gasteiger partial charge in [-0.2, -0.15) is 4.99 Å². The number of nitrogens with zero attached hydrogens (tertiary/aromatic N) is 2. The molecule has 7 nitrogen and oxygen atoms in total. The van der Waals surface area contributed by atoms with Crippen LogP contribution in [0.3, 0.4) is 0 Å². The van der Waals surface area contributed by atoms with E-state index in [1.54, 1.807) is 25.3 Å². The number of hydrogen-bond donors (Lipinski definition) is 1. The molecule has 0 aliphatic carbocycles. The normalized spacial score (nSPS) is 19.9. The van der Waals surface area contributed by atoms with E-state index < -0.39 is 5.25 Å². The molecule has 8 heteroatoms. The van der Waals surface area contributed by atoms with Crippen LogP contribution in [0.2, 0.25) is 0 Å². The Kier molecular flexibility index (Phi) is 6.03. The molecule has 1 atom stereocenters. The number of amidine groups is 1. The molecule has 1 unspecified atom stereocenters. The van der Waals surface area contributed by atoms with Gasteiger partial charge in [0.05, 0.1) is 14.2 Å². The third kappa shape index (κ3) is 4.30. The monoisotopic (exact) mass is 377 g/mol. The molecule has 140 valence electrons. The predicted molar refractivity (Wildman–Crippen MR) is 102 cm³/mol. The maximum Gasteiger partial charge on any atom is 0.262 e. The standard InChI is InChI=1S/C18H23N3O4S/c1-24-13-7-6-12(10-14(13)25-2)19-16(22)11-15-17(23)20-18(26-15)21-8-4-3-5-9-21/h6-7,10,15H,3-5,8-9,11H2,1-2H3,(H,19,22). The second-order valence-corrected chi connectivity index (χ2v) is 7.38. The largest absolute Gasteiger partial charge is 0.493 e. The molecule has 2 amide bonds. The van der Waals surface area contributed by atoms with E-state index in [4.69, 9.17) is 9.47 Å². The molecular formula is C18H23N3O4S. The zero-order chi connectivity index (χ0) is 18.5. The molecule has 1 N–H and O–H groups in total. The summed E-state index contributed by atoms with van der Waals surface area (Å²) in [4.78, 5) is 30.8. The van der Waals surface area contributed by atoms with Gasteiger partial charge in [0.1, 0.15) is 5.25 Å². The highest BCUT2D eigenvalue weighted by Crippen LogP contribution is 2.31. The first-order valence-electron chi connectivity index (χ1n) is 8.66. The van der Waals surface area contributed by atoms with Gasteiger partial charge in [0.25, 0.3) is 5.91 Å². The first kappa shape index (κ1) is 18.6. The molecule has 3 rings (SSSR count). The minimum Gasteiger partial charge on any atom is -0.493 e. The van der Waals surface area contributed by atoms with Gasteiger partial charge in [0.15, 0.2) is 16.7 Å². The maximum atomic E-state index is 12.3. The van der Waals surface area contributed by atoms with Crippen molar-refractivity contribution in [2.45, 2.75) is 30.9 Å². The number of thioether (sulfide) groups is 1. The van der Waals surface area contributed by atoms with Gasteiger partial charge in [-0.1, -0.05) is 11.8 Å². The molecule has 0 bridgehead atoms. The van der Waals surface area contributed by atoms with Gasteiger partial charge in [-0.25, -0.2) is 0 Å². The molecule has 0 spiro atoms. The minimum absolute atomic E-state index is 0.0959. The Balaban J connectivity index is 1.56. The Hall–Kier alpha value is -2.22. The summed E-state index contributed by atoms with van der Waals surface area (Å²) in [6.45, 7) is 1.87. The Morgan fingerprint density at radius 2 is 1.96 bits per heavy atom. The first-order chi connectivity index (χ1) is 12.6. The van der Waals surface area contributed by atoms with Gasteiger partial charge in [-0.15, -0.1) is 0 Å². The van der Waals surface area contributed by atoms with E-state index in [-0.39, 0.29) is 18.2 Å². The highest BCUT2D eigenvalue weighted by molar-refractivity contribution is 8.15. The van der Waals surface area contributed by atoms with Gasteiger partial charge < -0.3 is 19.7 Å². The van der Waals surface area contributed by atoms with E-state index in [9.17, 15) is 9.59 Å². The van der Waals surface area contributed by atoms with Crippen LogP contribution >= 0.6 is 11.8 Å². The fourth-order valence-corrected chi connectivity index (χ4v) is 4.14. The van der Waals surface area contributed by atoms with Crippen LogP contribution < -0.4 is 14.8 Å². The second-order valence-electron chi connectivity index (χ2n) is 6.21. The number of carbonyl (C=O) groups is 2. The van der Waals surface area contributed by atoms with Crippen molar-refractivity contribution in [2.75, 3.05) is 32.6 Å². The summed E-state index contributed by atoms with van der Waals surface area (Å²) in [5.41, 5.74) is 0.597. The third-order valence-corrected chi connectivity index (χ3v) is 5.61.